The van der Waals surface area contributed by atoms with Crippen molar-refractivity contribution < 1.29 is 17.9 Å². The number of amides is 1. The topological polar surface area (TPSA) is 97.4 Å². The van der Waals surface area contributed by atoms with Gasteiger partial charge in [0.05, 0.1) is 32.3 Å². The third-order valence-corrected chi connectivity index (χ3v) is 6.69. The van der Waals surface area contributed by atoms with Crippen LogP contribution in [0, 0.1) is 0 Å². The molecule has 1 aromatic heterocycles. The average Bonchev–Trinajstić information content (AvgIpc) is 3.02. The van der Waals surface area contributed by atoms with Gasteiger partial charge < -0.3 is 4.74 Å². The van der Waals surface area contributed by atoms with E-state index in [-0.39, 0.29) is 21.5 Å². The van der Waals surface area contributed by atoms with Gasteiger partial charge in [0.1, 0.15) is 5.75 Å². The van der Waals surface area contributed by atoms with Crippen molar-refractivity contribution in [1.29, 1.82) is 0 Å². The Morgan fingerprint density at radius 1 is 1.24 bits per heavy atom. The number of nitrogens with one attached hydrogen (secondary N) is 2. The first-order chi connectivity index (χ1) is 13.7. The van der Waals surface area contributed by atoms with E-state index >= 15 is 0 Å². The van der Waals surface area contributed by atoms with Crippen molar-refractivity contribution in [2.24, 2.45) is 0 Å². The number of halogens is 1. The number of hydrogen-bond acceptors (Lipinski definition) is 6. The number of thiazole rings is 1. The molecule has 0 atom stereocenters. The molecule has 0 fully saturated rings. The molecule has 7 nitrogen and oxygen atoms in total. The van der Waals surface area contributed by atoms with Crippen LogP contribution in [0.5, 0.6) is 5.75 Å². The summed E-state index contributed by atoms with van der Waals surface area (Å²) in [4.78, 5) is 17.1. The largest absolute Gasteiger partial charge is 0.494 e. The van der Waals surface area contributed by atoms with Gasteiger partial charge in [-0.15, -0.1) is 0 Å². The summed E-state index contributed by atoms with van der Waals surface area (Å²) in [5.41, 5.74) is 0.768. The molecule has 0 saturated heterocycles. The van der Waals surface area contributed by atoms with Crippen LogP contribution in [0.4, 0.5) is 5.13 Å². The molecule has 0 saturated carbocycles. The first-order valence-electron chi connectivity index (χ1n) is 8.86. The van der Waals surface area contributed by atoms with E-state index in [0.717, 1.165) is 16.0 Å². The number of anilines is 1. The van der Waals surface area contributed by atoms with Crippen molar-refractivity contribution in [3.63, 3.8) is 0 Å². The molecule has 0 unspecified atom stereocenters. The molecule has 0 bridgehead atoms. The lowest BCUT2D eigenvalue weighted by atomic mass is 10.2. The number of sulfonamides is 1. The van der Waals surface area contributed by atoms with E-state index in [0.29, 0.717) is 11.7 Å². The van der Waals surface area contributed by atoms with Gasteiger partial charge in [0, 0.05) is 6.04 Å². The van der Waals surface area contributed by atoms with E-state index in [1.165, 1.54) is 29.5 Å². The van der Waals surface area contributed by atoms with Crippen LogP contribution in [0.3, 0.4) is 0 Å². The molecule has 3 aromatic rings. The van der Waals surface area contributed by atoms with E-state index in [1.807, 2.05) is 25.1 Å². The molecule has 0 spiro atoms. The Morgan fingerprint density at radius 2 is 2.00 bits per heavy atom. The molecule has 2 aromatic carbocycles. The van der Waals surface area contributed by atoms with Gasteiger partial charge in [-0.1, -0.05) is 22.9 Å². The van der Waals surface area contributed by atoms with E-state index in [9.17, 15) is 13.2 Å². The smallest absolute Gasteiger partial charge is 0.259 e. The van der Waals surface area contributed by atoms with E-state index < -0.39 is 15.9 Å². The van der Waals surface area contributed by atoms with Crippen LogP contribution >= 0.6 is 22.9 Å². The van der Waals surface area contributed by atoms with Gasteiger partial charge >= 0.3 is 0 Å². The highest BCUT2D eigenvalue weighted by Gasteiger charge is 2.20. The third-order valence-electron chi connectivity index (χ3n) is 3.77. The zero-order valence-corrected chi connectivity index (χ0v) is 18.4. The van der Waals surface area contributed by atoms with Crippen LogP contribution in [0.25, 0.3) is 10.2 Å². The fourth-order valence-corrected chi connectivity index (χ4v) is 4.97. The number of fused-ring (bicyclic) bond motifs is 1. The summed E-state index contributed by atoms with van der Waals surface area (Å²) < 4.78 is 33.6. The molecule has 10 heteroatoms. The minimum Gasteiger partial charge on any atom is -0.494 e. The van der Waals surface area contributed by atoms with Crippen LogP contribution < -0.4 is 14.8 Å². The van der Waals surface area contributed by atoms with Crippen molar-refractivity contribution in [1.82, 2.24) is 9.71 Å². The summed E-state index contributed by atoms with van der Waals surface area (Å²) in [6.07, 6.45) is 0. The number of carbonyl (C=O) groups is 1. The van der Waals surface area contributed by atoms with Crippen molar-refractivity contribution in [2.75, 3.05) is 11.9 Å². The van der Waals surface area contributed by atoms with Gasteiger partial charge in [-0.2, -0.15) is 0 Å². The minimum absolute atomic E-state index is 0.0357. The predicted octanol–water partition coefficient (Wildman–Crippen LogP) is 4.29. The lowest BCUT2D eigenvalue weighted by Gasteiger charge is -2.11. The van der Waals surface area contributed by atoms with Crippen molar-refractivity contribution in [2.45, 2.75) is 31.7 Å². The predicted molar refractivity (Wildman–Crippen MR) is 116 cm³/mol. The first kappa shape index (κ1) is 21.5. The summed E-state index contributed by atoms with van der Waals surface area (Å²) in [5, 5.41) is 3.21. The molecule has 0 aliphatic carbocycles. The Hall–Kier alpha value is -2.20. The molecule has 0 radical (unpaired) electrons. The summed E-state index contributed by atoms with van der Waals surface area (Å²) in [6.45, 7) is 5.88. The average molecular weight is 454 g/mol. The summed E-state index contributed by atoms with van der Waals surface area (Å²) in [5.74, 6) is 0.181. The maximum Gasteiger partial charge on any atom is 0.259 e. The number of aromatic nitrogens is 1. The molecule has 1 amide bonds. The van der Waals surface area contributed by atoms with Crippen LogP contribution in [-0.4, -0.2) is 32.0 Å². The number of nitrogens with zero attached hydrogens (tertiary/aromatic N) is 1. The lowest BCUT2D eigenvalue weighted by molar-refractivity contribution is 0.102. The van der Waals surface area contributed by atoms with Gasteiger partial charge in [-0.05, 0) is 57.2 Å². The van der Waals surface area contributed by atoms with Crippen LogP contribution in [0.2, 0.25) is 5.02 Å². The Labute approximate surface area is 178 Å². The highest BCUT2D eigenvalue weighted by molar-refractivity contribution is 7.89. The van der Waals surface area contributed by atoms with E-state index in [1.54, 1.807) is 13.8 Å². The zero-order valence-electron chi connectivity index (χ0n) is 16.0. The van der Waals surface area contributed by atoms with Crippen LogP contribution in [-0.2, 0) is 10.0 Å². The summed E-state index contributed by atoms with van der Waals surface area (Å²) >= 11 is 7.43. The number of benzene rings is 2. The number of ether oxygens (including phenoxy) is 1. The quantitative estimate of drug-likeness (QED) is 0.556. The molecule has 0 aliphatic heterocycles. The first-order valence-corrected chi connectivity index (χ1v) is 11.5. The molecule has 3 rings (SSSR count). The van der Waals surface area contributed by atoms with Gasteiger partial charge in [0.25, 0.3) is 5.91 Å². The maximum absolute atomic E-state index is 12.7. The summed E-state index contributed by atoms with van der Waals surface area (Å²) in [6, 6.07) is 9.19. The number of hydrogen-bond donors (Lipinski definition) is 2. The molecule has 29 heavy (non-hydrogen) atoms. The van der Waals surface area contributed by atoms with Crippen molar-refractivity contribution >= 4 is 54.2 Å². The Kier molecular flexibility index (Phi) is 6.42. The standard InChI is InChI=1S/C19H20ClN3O4S2/c1-4-27-12-5-8-16-17(9-12)28-19(21-16)22-18(24)14-10-13(6-7-15(14)20)29(25,26)23-11(2)3/h5-11,23H,4H2,1-3H3,(H,21,22,24). The Bertz CT molecular complexity index is 1160. The number of carbonyl (C=O) groups excluding carboxylic acids is 1. The van der Waals surface area contributed by atoms with Crippen molar-refractivity contribution in [3.05, 3.63) is 47.0 Å². The molecule has 2 N–H and O–H groups in total. The lowest BCUT2D eigenvalue weighted by Crippen LogP contribution is -2.30. The normalized spacial score (nSPS) is 11.8. The fourth-order valence-electron chi connectivity index (χ4n) is 2.60. The third kappa shape index (κ3) is 5.05. The van der Waals surface area contributed by atoms with Gasteiger partial charge in [-0.3, -0.25) is 10.1 Å². The molecule has 1 heterocycles. The fraction of sp³-hybridized carbons (Fsp3) is 0.263. The van der Waals surface area contributed by atoms with Gasteiger partial charge in [0.2, 0.25) is 10.0 Å². The Morgan fingerprint density at radius 3 is 2.69 bits per heavy atom. The van der Waals surface area contributed by atoms with Gasteiger partial charge in [0.15, 0.2) is 5.13 Å². The molecule has 154 valence electrons. The highest BCUT2D eigenvalue weighted by atomic mass is 35.5. The van der Waals surface area contributed by atoms with E-state index in [2.05, 4.69) is 15.0 Å². The summed E-state index contributed by atoms with van der Waals surface area (Å²) in [7, 11) is -3.75. The second-order valence-electron chi connectivity index (χ2n) is 6.45. The number of rotatable bonds is 7. The van der Waals surface area contributed by atoms with Crippen molar-refractivity contribution in [3.8, 4) is 5.75 Å². The van der Waals surface area contributed by atoms with E-state index in [4.69, 9.17) is 16.3 Å². The zero-order chi connectivity index (χ0) is 21.2. The molecular weight excluding hydrogens is 434 g/mol. The minimum atomic E-state index is -3.75. The maximum atomic E-state index is 12.7. The highest BCUT2D eigenvalue weighted by Crippen LogP contribution is 2.30. The second kappa shape index (κ2) is 8.66. The molecular formula is C19H20ClN3O4S2. The van der Waals surface area contributed by atoms with Crippen LogP contribution in [0.15, 0.2) is 41.3 Å². The second-order valence-corrected chi connectivity index (χ2v) is 9.61. The Balaban J connectivity index is 1.87. The van der Waals surface area contributed by atoms with Gasteiger partial charge in [-0.25, -0.2) is 18.1 Å². The monoisotopic (exact) mass is 453 g/mol. The van der Waals surface area contributed by atoms with Crippen LogP contribution in [0.1, 0.15) is 31.1 Å². The molecule has 0 aliphatic rings. The SMILES string of the molecule is CCOc1ccc2nc(NC(=O)c3cc(S(=O)(=O)NC(C)C)ccc3Cl)sc2c1.